The number of likely N-dealkylation sites (tertiary alicyclic amines) is 1. The number of nitrogens with one attached hydrogen (secondary N) is 1. The molecule has 0 spiro atoms. The Labute approximate surface area is 198 Å². The number of ether oxygens (including phenoxy) is 2. The van der Waals surface area contributed by atoms with Crippen molar-refractivity contribution in [3.05, 3.63) is 29.7 Å². The third kappa shape index (κ3) is 7.30. The molecule has 1 aromatic heterocycles. The van der Waals surface area contributed by atoms with E-state index in [9.17, 15) is 9.00 Å². The Kier molecular flexibility index (Phi) is 9.31. The fraction of sp³-hybridized carbons (Fsp3) is 0.583. The summed E-state index contributed by atoms with van der Waals surface area (Å²) in [6, 6.07) is 5.38. The molecule has 1 aromatic carbocycles. The van der Waals surface area contributed by atoms with Gasteiger partial charge in [-0.2, -0.15) is 0 Å². The summed E-state index contributed by atoms with van der Waals surface area (Å²) in [7, 11) is 1.77. The van der Waals surface area contributed by atoms with E-state index in [2.05, 4.69) is 22.1 Å². The fourth-order valence-electron chi connectivity index (χ4n) is 4.08. The minimum absolute atomic E-state index is 0.0429. The standard InChI is InChI=1S/C24H35N3O5S/c1-17-7-5-11-27(14-17)12-6-10-25-23(28)16-33(29)15-20-18(2)32-24(26-20)19-8-9-21(30-3)22(13-19)31-4/h8-9,13,17H,5-7,10-12,14-16H2,1-4H3,(H,25,28)/t17-,33+/m1/s1. The molecule has 3 rings (SSSR count). The molecule has 9 heteroatoms. The highest BCUT2D eigenvalue weighted by atomic mass is 32.2. The van der Waals surface area contributed by atoms with E-state index in [1.807, 2.05) is 6.07 Å². The third-order valence-corrected chi connectivity index (χ3v) is 7.01. The van der Waals surface area contributed by atoms with Crippen molar-refractivity contribution >= 4 is 16.7 Å². The maximum atomic E-state index is 12.5. The van der Waals surface area contributed by atoms with Crippen LogP contribution >= 0.6 is 0 Å². The van der Waals surface area contributed by atoms with Gasteiger partial charge in [-0.1, -0.05) is 6.92 Å². The molecular weight excluding hydrogens is 442 g/mol. The molecule has 0 unspecified atom stereocenters. The lowest BCUT2D eigenvalue weighted by Gasteiger charge is -2.30. The highest BCUT2D eigenvalue weighted by Gasteiger charge is 2.18. The first kappa shape index (κ1) is 25.2. The number of benzene rings is 1. The number of carbonyl (C=O) groups is 1. The maximum Gasteiger partial charge on any atom is 0.232 e. The Balaban J connectivity index is 1.46. The Morgan fingerprint density at radius 2 is 2.09 bits per heavy atom. The number of oxazole rings is 1. The second-order valence-electron chi connectivity index (χ2n) is 8.57. The lowest BCUT2D eigenvalue weighted by Crippen LogP contribution is -2.37. The minimum Gasteiger partial charge on any atom is -0.493 e. The van der Waals surface area contributed by atoms with Crippen molar-refractivity contribution in [1.82, 2.24) is 15.2 Å². The topological polar surface area (TPSA) is 93.9 Å². The molecule has 1 fully saturated rings. The number of hydrogen-bond acceptors (Lipinski definition) is 7. The van der Waals surface area contributed by atoms with Gasteiger partial charge in [0.05, 0.1) is 25.7 Å². The average Bonchev–Trinajstić information content (AvgIpc) is 3.16. The second-order valence-corrected chi connectivity index (χ2v) is 10.0. The van der Waals surface area contributed by atoms with Crippen LogP contribution in [0, 0.1) is 12.8 Å². The summed E-state index contributed by atoms with van der Waals surface area (Å²) in [5.41, 5.74) is 1.32. The predicted octanol–water partition coefficient (Wildman–Crippen LogP) is 3.15. The summed E-state index contributed by atoms with van der Waals surface area (Å²) >= 11 is 0. The van der Waals surface area contributed by atoms with Crippen LogP contribution in [0.3, 0.4) is 0 Å². The predicted molar refractivity (Wildman–Crippen MR) is 129 cm³/mol. The van der Waals surface area contributed by atoms with Crippen LogP contribution in [0.2, 0.25) is 0 Å². The highest BCUT2D eigenvalue weighted by Crippen LogP contribution is 2.32. The molecule has 2 atom stereocenters. The van der Waals surface area contributed by atoms with Gasteiger partial charge in [-0.25, -0.2) is 4.98 Å². The van der Waals surface area contributed by atoms with E-state index in [0.29, 0.717) is 35.4 Å². The zero-order chi connectivity index (χ0) is 23.8. The first-order valence-corrected chi connectivity index (χ1v) is 12.9. The largest absolute Gasteiger partial charge is 0.493 e. The van der Waals surface area contributed by atoms with Crippen molar-refractivity contribution < 1.29 is 22.9 Å². The number of aryl methyl sites for hydroxylation is 1. The minimum atomic E-state index is -1.37. The zero-order valence-corrected chi connectivity index (χ0v) is 20.8. The van der Waals surface area contributed by atoms with Crippen LogP contribution in [0.1, 0.15) is 37.6 Å². The summed E-state index contributed by atoms with van der Waals surface area (Å²) in [5.74, 6) is 2.87. The number of methoxy groups -OCH3 is 2. The number of piperidine rings is 1. The third-order valence-electron chi connectivity index (χ3n) is 5.83. The van der Waals surface area contributed by atoms with Gasteiger partial charge in [-0.05, 0) is 63.4 Å². The van der Waals surface area contributed by atoms with Crippen molar-refractivity contribution in [3.8, 4) is 23.0 Å². The van der Waals surface area contributed by atoms with Crippen LogP contribution < -0.4 is 14.8 Å². The molecule has 2 heterocycles. The molecule has 1 aliphatic heterocycles. The number of hydrogen-bond donors (Lipinski definition) is 1. The molecule has 2 aromatic rings. The monoisotopic (exact) mass is 477 g/mol. The van der Waals surface area contributed by atoms with Crippen LogP contribution in [0.15, 0.2) is 22.6 Å². The first-order valence-electron chi connectivity index (χ1n) is 11.4. The van der Waals surface area contributed by atoms with Crippen molar-refractivity contribution in [2.45, 2.75) is 38.9 Å². The van der Waals surface area contributed by atoms with E-state index < -0.39 is 10.8 Å². The van der Waals surface area contributed by atoms with E-state index >= 15 is 0 Å². The molecule has 8 nitrogen and oxygen atoms in total. The van der Waals surface area contributed by atoms with Crippen molar-refractivity contribution in [2.75, 3.05) is 46.2 Å². The van der Waals surface area contributed by atoms with E-state index in [1.54, 1.807) is 33.3 Å². The summed E-state index contributed by atoms with van der Waals surface area (Å²) in [6.07, 6.45) is 3.46. The molecule has 33 heavy (non-hydrogen) atoms. The molecule has 1 aliphatic rings. The van der Waals surface area contributed by atoms with Gasteiger partial charge in [-0.15, -0.1) is 0 Å². The number of nitrogens with zero attached hydrogens (tertiary/aromatic N) is 2. The van der Waals surface area contributed by atoms with E-state index in [1.165, 1.54) is 12.8 Å². The first-order chi connectivity index (χ1) is 15.9. The quantitative estimate of drug-likeness (QED) is 0.497. The van der Waals surface area contributed by atoms with Crippen molar-refractivity contribution in [1.29, 1.82) is 0 Å². The molecule has 1 saturated heterocycles. The van der Waals surface area contributed by atoms with Crippen LogP contribution in [0.5, 0.6) is 11.5 Å². The Bertz CT molecular complexity index is 962. The van der Waals surface area contributed by atoms with Gasteiger partial charge in [0.25, 0.3) is 0 Å². The van der Waals surface area contributed by atoms with E-state index in [-0.39, 0.29) is 17.4 Å². The van der Waals surface area contributed by atoms with Crippen molar-refractivity contribution in [3.63, 3.8) is 0 Å². The van der Waals surface area contributed by atoms with Gasteiger partial charge in [0.1, 0.15) is 11.5 Å². The average molecular weight is 478 g/mol. The maximum absolute atomic E-state index is 12.5. The summed E-state index contributed by atoms with van der Waals surface area (Å²) in [6.45, 7) is 7.95. The summed E-state index contributed by atoms with van der Waals surface area (Å²) in [4.78, 5) is 19.2. The molecule has 182 valence electrons. The lowest BCUT2D eigenvalue weighted by molar-refractivity contribution is -0.118. The highest BCUT2D eigenvalue weighted by molar-refractivity contribution is 7.84. The van der Waals surface area contributed by atoms with Gasteiger partial charge in [0, 0.05) is 29.5 Å². The molecule has 0 aliphatic carbocycles. The van der Waals surface area contributed by atoms with Gasteiger partial charge >= 0.3 is 0 Å². The fourth-order valence-corrected chi connectivity index (χ4v) is 5.15. The van der Waals surface area contributed by atoms with Gasteiger partial charge in [-0.3, -0.25) is 9.00 Å². The Morgan fingerprint density at radius 3 is 2.82 bits per heavy atom. The normalized spacial score (nSPS) is 17.5. The van der Waals surface area contributed by atoms with Crippen LogP contribution in [0.25, 0.3) is 11.5 Å². The van der Waals surface area contributed by atoms with E-state index in [0.717, 1.165) is 37.5 Å². The number of aromatic nitrogens is 1. The molecular formula is C24H35N3O5S. The lowest BCUT2D eigenvalue weighted by atomic mass is 10.0. The van der Waals surface area contributed by atoms with Gasteiger partial charge in [0.15, 0.2) is 11.5 Å². The van der Waals surface area contributed by atoms with Crippen molar-refractivity contribution in [2.24, 2.45) is 5.92 Å². The zero-order valence-electron chi connectivity index (χ0n) is 20.0. The molecule has 1 N–H and O–H groups in total. The van der Waals surface area contributed by atoms with E-state index in [4.69, 9.17) is 13.9 Å². The van der Waals surface area contributed by atoms with Crippen LogP contribution in [-0.4, -0.2) is 66.2 Å². The summed E-state index contributed by atoms with van der Waals surface area (Å²) in [5, 5.41) is 2.89. The number of rotatable bonds is 11. The number of carbonyl (C=O) groups excluding carboxylic acids is 1. The molecule has 0 radical (unpaired) electrons. The molecule has 1 amide bonds. The summed E-state index contributed by atoms with van der Waals surface area (Å²) < 4.78 is 28.9. The molecule has 0 saturated carbocycles. The van der Waals surface area contributed by atoms with Crippen LogP contribution in [-0.2, 0) is 21.3 Å². The van der Waals surface area contributed by atoms with Gasteiger partial charge < -0.3 is 24.1 Å². The second kappa shape index (κ2) is 12.2. The number of amides is 1. The SMILES string of the molecule is COc1ccc(-c2nc(C[S@](=O)CC(=O)NCCCN3CCC[C@@H](C)C3)c(C)o2)cc1OC. The molecule has 0 bridgehead atoms. The Morgan fingerprint density at radius 1 is 1.30 bits per heavy atom. The Hall–Kier alpha value is -2.39. The van der Waals surface area contributed by atoms with Crippen LogP contribution in [0.4, 0.5) is 0 Å². The van der Waals surface area contributed by atoms with Gasteiger partial charge in [0.2, 0.25) is 11.8 Å². The smallest absolute Gasteiger partial charge is 0.232 e.